The molecule has 2 aromatic heterocycles. The van der Waals surface area contributed by atoms with Gasteiger partial charge in [0.05, 0.1) is 11.1 Å². The van der Waals surface area contributed by atoms with Crippen LogP contribution in [0.2, 0.25) is 0 Å². The fourth-order valence-corrected chi connectivity index (χ4v) is 4.42. The third-order valence-electron chi connectivity index (χ3n) is 6.08. The SMILES string of the molecule is CCN1CCc2nc3ccccc3c(C(=O)Nc3ccc(Oc4nc(C)cc(C)n4)cc3)c2C1. The second kappa shape index (κ2) is 9.19. The van der Waals surface area contributed by atoms with Gasteiger partial charge in [-0.2, -0.15) is 0 Å². The Kier molecular flexibility index (Phi) is 5.94. The molecule has 5 rings (SSSR count). The number of fused-ring (bicyclic) bond motifs is 2. The lowest BCUT2D eigenvalue weighted by molar-refractivity contribution is 0.102. The lowest BCUT2D eigenvalue weighted by Gasteiger charge is -2.29. The molecule has 0 atom stereocenters. The first-order valence-corrected chi connectivity index (χ1v) is 11.5. The number of ether oxygens (including phenoxy) is 1. The van der Waals surface area contributed by atoms with Crippen LogP contribution in [0.3, 0.4) is 0 Å². The molecule has 0 bridgehead atoms. The normalized spacial score (nSPS) is 13.5. The molecule has 7 heteroatoms. The van der Waals surface area contributed by atoms with Crippen molar-refractivity contribution in [1.29, 1.82) is 0 Å². The van der Waals surface area contributed by atoms with E-state index in [9.17, 15) is 4.79 Å². The number of benzene rings is 2. The van der Waals surface area contributed by atoms with E-state index in [4.69, 9.17) is 9.72 Å². The van der Waals surface area contributed by atoms with Gasteiger partial charge in [0.25, 0.3) is 5.91 Å². The Morgan fingerprint density at radius 2 is 1.76 bits per heavy atom. The van der Waals surface area contributed by atoms with Crippen LogP contribution in [0, 0.1) is 13.8 Å². The maximum absolute atomic E-state index is 13.5. The van der Waals surface area contributed by atoms with Gasteiger partial charge in [-0.1, -0.05) is 25.1 Å². The van der Waals surface area contributed by atoms with Gasteiger partial charge < -0.3 is 10.1 Å². The van der Waals surface area contributed by atoms with Crippen LogP contribution in [0.5, 0.6) is 11.8 Å². The fraction of sp³-hybridized carbons (Fsp3) is 0.259. The summed E-state index contributed by atoms with van der Waals surface area (Å²) in [5.41, 5.74) is 6.00. The van der Waals surface area contributed by atoms with E-state index in [0.29, 0.717) is 23.0 Å². The first-order valence-electron chi connectivity index (χ1n) is 11.5. The first-order chi connectivity index (χ1) is 16.5. The van der Waals surface area contributed by atoms with E-state index in [1.807, 2.05) is 56.3 Å². The molecule has 34 heavy (non-hydrogen) atoms. The Hall–Kier alpha value is -3.84. The molecular formula is C27H27N5O2. The second-order valence-corrected chi connectivity index (χ2v) is 8.56. The van der Waals surface area contributed by atoms with Crippen LogP contribution in [0.1, 0.15) is 39.9 Å². The average molecular weight is 454 g/mol. The molecule has 1 N–H and O–H groups in total. The number of carbonyl (C=O) groups excluding carboxylic acids is 1. The molecule has 0 saturated heterocycles. The van der Waals surface area contributed by atoms with Gasteiger partial charge in [-0.05, 0) is 56.8 Å². The van der Waals surface area contributed by atoms with E-state index < -0.39 is 0 Å². The number of aryl methyl sites for hydroxylation is 2. The molecule has 3 heterocycles. The smallest absolute Gasteiger partial charge is 0.322 e. The van der Waals surface area contributed by atoms with E-state index >= 15 is 0 Å². The quantitative estimate of drug-likeness (QED) is 0.455. The molecule has 0 radical (unpaired) electrons. The summed E-state index contributed by atoms with van der Waals surface area (Å²) in [6.07, 6.45) is 0.848. The van der Waals surface area contributed by atoms with Gasteiger partial charge in [0, 0.05) is 53.2 Å². The number of anilines is 1. The van der Waals surface area contributed by atoms with Crippen LogP contribution in [0.4, 0.5) is 5.69 Å². The molecule has 2 aromatic carbocycles. The number of aromatic nitrogens is 3. The summed E-state index contributed by atoms with van der Waals surface area (Å²) in [5.74, 6) is 0.479. The highest BCUT2D eigenvalue weighted by molar-refractivity contribution is 6.13. The third-order valence-corrected chi connectivity index (χ3v) is 6.08. The summed E-state index contributed by atoms with van der Waals surface area (Å²) in [4.78, 5) is 29.4. The molecule has 172 valence electrons. The van der Waals surface area contributed by atoms with Gasteiger partial charge in [-0.3, -0.25) is 14.7 Å². The van der Waals surface area contributed by atoms with Crippen molar-refractivity contribution in [3.05, 3.63) is 82.8 Å². The van der Waals surface area contributed by atoms with Crippen molar-refractivity contribution in [1.82, 2.24) is 19.9 Å². The van der Waals surface area contributed by atoms with Crippen molar-refractivity contribution in [2.45, 2.75) is 33.7 Å². The summed E-state index contributed by atoms with van der Waals surface area (Å²) >= 11 is 0. The van der Waals surface area contributed by atoms with Gasteiger partial charge in [0.1, 0.15) is 5.75 Å². The van der Waals surface area contributed by atoms with Crippen LogP contribution in [-0.2, 0) is 13.0 Å². The number of nitrogens with one attached hydrogen (secondary N) is 1. The zero-order valence-electron chi connectivity index (χ0n) is 19.6. The molecule has 1 amide bonds. The van der Waals surface area contributed by atoms with Gasteiger partial charge in [0.2, 0.25) is 0 Å². The Labute approximate surface area is 198 Å². The summed E-state index contributed by atoms with van der Waals surface area (Å²) in [6.45, 7) is 8.59. The van der Waals surface area contributed by atoms with Crippen molar-refractivity contribution in [2.75, 3.05) is 18.4 Å². The monoisotopic (exact) mass is 453 g/mol. The fourth-order valence-electron chi connectivity index (χ4n) is 4.42. The number of likely N-dealkylation sites (N-methyl/N-ethyl adjacent to an activating group) is 1. The van der Waals surface area contributed by atoms with E-state index in [2.05, 4.69) is 27.1 Å². The minimum atomic E-state index is -0.126. The van der Waals surface area contributed by atoms with E-state index in [1.165, 1.54) is 0 Å². The summed E-state index contributed by atoms with van der Waals surface area (Å²) in [7, 11) is 0. The number of para-hydroxylation sites is 1. The van der Waals surface area contributed by atoms with Crippen LogP contribution < -0.4 is 10.1 Å². The Balaban J connectivity index is 1.41. The molecule has 0 aliphatic carbocycles. The van der Waals surface area contributed by atoms with Gasteiger partial charge >= 0.3 is 6.01 Å². The van der Waals surface area contributed by atoms with Crippen molar-refractivity contribution >= 4 is 22.5 Å². The number of nitrogens with zero attached hydrogens (tertiary/aromatic N) is 4. The highest BCUT2D eigenvalue weighted by Crippen LogP contribution is 2.29. The largest absolute Gasteiger partial charge is 0.424 e. The minimum Gasteiger partial charge on any atom is -0.424 e. The molecule has 1 aliphatic heterocycles. The molecule has 1 aliphatic rings. The predicted molar refractivity (Wildman–Crippen MR) is 132 cm³/mol. The van der Waals surface area contributed by atoms with Gasteiger partial charge in [-0.15, -0.1) is 0 Å². The standard InChI is InChI=1S/C27H27N5O2/c1-4-32-14-13-24-22(16-32)25(21-7-5-6-8-23(21)31-24)26(33)30-19-9-11-20(12-10-19)34-27-28-17(2)15-18(3)29-27/h5-12,15H,4,13-14,16H2,1-3H3,(H,30,33). The lowest BCUT2D eigenvalue weighted by Crippen LogP contribution is -2.33. The molecule has 0 unspecified atom stereocenters. The Morgan fingerprint density at radius 1 is 1.03 bits per heavy atom. The van der Waals surface area contributed by atoms with Crippen LogP contribution >= 0.6 is 0 Å². The zero-order valence-corrected chi connectivity index (χ0v) is 19.6. The predicted octanol–water partition coefficient (Wildman–Crippen LogP) is 5.06. The maximum atomic E-state index is 13.5. The number of pyridine rings is 1. The number of carbonyl (C=O) groups is 1. The first kappa shape index (κ1) is 22.0. The average Bonchev–Trinajstić information content (AvgIpc) is 2.82. The van der Waals surface area contributed by atoms with Crippen molar-refractivity contribution in [3.8, 4) is 11.8 Å². The van der Waals surface area contributed by atoms with Crippen molar-refractivity contribution in [3.63, 3.8) is 0 Å². The number of rotatable bonds is 5. The molecule has 0 saturated carbocycles. The maximum Gasteiger partial charge on any atom is 0.322 e. The highest BCUT2D eigenvalue weighted by Gasteiger charge is 2.25. The van der Waals surface area contributed by atoms with Crippen LogP contribution in [-0.4, -0.2) is 38.8 Å². The van der Waals surface area contributed by atoms with Gasteiger partial charge in [0.15, 0.2) is 0 Å². The van der Waals surface area contributed by atoms with E-state index in [-0.39, 0.29) is 5.91 Å². The van der Waals surface area contributed by atoms with E-state index in [0.717, 1.165) is 59.6 Å². The van der Waals surface area contributed by atoms with Crippen molar-refractivity contribution in [2.24, 2.45) is 0 Å². The van der Waals surface area contributed by atoms with Gasteiger partial charge in [-0.25, -0.2) is 9.97 Å². The minimum absolute atomic E-state index is 0.126. The molecule has 0 spiro atoms. The topological polar surface area (TPSA) is 80.2 Å². The third kappa shape index (κ3) is 4.47. The second-order valence-electron chi connectivity index (χ2n) is 8.56. The molecule has 7 nitrogen and oxygen atoms in total. The molecule has 0 fully saturated rings. The number of hydrogen-bond acceptors (Lipinski definition) is 6. The number of amides is 1. The lowest BCUT2D eigenvalue weighted by atomic mass is 9.95. The summed E-state index contributed by atoms with van der Waals surface area (Å²) in [6, 6.07) is 17.3. The Bertz CT molecular complexity index is 1350. The number of hydrogen-bond donors (Lipinski definition) is 1. The van der Waals surface area contributed by atoms with Crippen molar-refractivity contribution < 1.29 is 9.53 Å². The van der Waals surface area contributed by atoms with Crippen LogP contribution in [0.15, 0.2) is 54.6 Å². The Morgan fingerprint density at radius 3 is 2.50 bits per heavy atom. The zero-order chi connectivity index (χ0) is 23.7. The van der Waals surface area contributed by atoms with Crippen LogP contribution in [0.25, 0.3) is 10.9 Å². The highest BCUT2D eigenvalue weighted by atomic mass is 16.5. The molecule has 4 aromatic rings. The van der Waals surface area contributed by atoms with E-state index in [1.54, 1.807) is 12.1 Å². The summed E-state index contributed by atoms with van der Waals surface area (Å²) in [5, 5.41) is 3.95. The molecular weight excluding hydrogens is 426 g/mol. The summed E-state index contributed by atoms with van der Waals surface area (Å²) < 4.78 is 5.79.